The van der Waals surface area contributed by atoms with Crippen LogP contribution in [0.4, 0.5) is 13.2 Å². The second-order valence-corrected chi connectivity index (χ2v) is 2.10. The van der Waals surface area contributed by atoms with E-state index in [4.69, 9.17) is 5.26 Å². The molecule has 0 aliphatic rings. The molecule has 0 atom stereocenters. The van der Waals surface area contributed by atoms with Gasteiger partial charge < -0.3 is 0 Å². The summed E-state index contributed by atoms with van der Waals surface area (Å²) in [7, 11) is 0. The Kier molecular flexibility index (Phi) is 2.05. The van der Waals surface area contributed by atoms with Gasteiger partial charge in [-0.1, -0.05) is 0 Å². The van der Waals surface area contributed by atoms with Gasteiger partial charge in [0, 0.05) is 0 Å². The van der Waals surface area contributed by atoms with Gasteiger partial charge in [-0.25, -0.2) is 0 Å². The van der Waals surface area contributed by atoms with Crippen molar-refractivity contribution in [1.82, 2.24) is 0 Å². The number of nitriles is 1. The molecule has 4 heteroatoms. The van der Waals surface area contributed by atoms with E-state index in [1.54, 1.807) is 6.07 Å². The molecule has 1 nitrogen and oxygen atoms in total. The minimum absolute atomic E-state index is 0.169. The van der Waals surface area contributed by atoms with Gasteiger partial charge in [-0.05, 0) is 24.3 Å². The highest BCUT2D eigenvalue weighted by Gasteiger charge is 2.30. The second kappa shape index (κ2) is 2.86. The van der Waals surface area contributed by atoms with Crippen molar-refractivity contribution in [3.8, 4) is 6.07 Å². The molecule has 0 amide bonds. The minimum Gasteiger partial charge on any atom is -0.192 e. The van der Waals surface area contributed by atoms with Crippen LogP contribution in [0.3, 0.4) is 0 Å². The summed E-state index contributed by atoms with van der Waals surface area (Å²) in [5.74, 6) is 0. The van der Waals surface area contributed by atoms with E-state index in [2.05, 4.69) is 0 Å². The van der Waals surface area contributed by atoms with Crippen LogP contribution in [0.5, 0.6) is 0 Å². The van der Waals surface area contributed by atoms with E-state index >= 15 is 0 Å². The molecule has 0 aliphatic heterocycles. The Morgan fingerprint density at radius 3 is 2.33 bits per heavy atom. The van der Waals surface area contributed by atoms with Gasteiger partial charge in [0.2, 0.25) is 0 Å². The molecule has 0 fully saturated rings. The number of nitrogens with zero attached hydrogens (tertiary/aromatic N) is 1. The first-order chi connectivity index (χ1) is 5.54. The lowest BCUT2D eigenvalue weighted by Crippen LogP contribution is -2.04. The number of alkyl halides is 3. The fourth-order valence-corrected chi connectivity index (χ4v) is 0.671. The summed E-state index contributed by atoms with van der Waals surface area (Å²) in [6.45, 7) is 0. The summed E-state index contributed by atoms with van der Waals surface area (Å²) in [5.41, 5.74) is -0.690. The van der Waals surface area contributed by atoms with Gasteiger partial charge in [0.15, 0.2) is 0 Å². The maximum absolute atomic E-state index is 11.9. The van der Waals surface area contributed by atoms with Crippen LogP contribution in [0.1, 0.15) is 11.1 Å². The molecule has 1 rings (SSSR count). The predicted octanol–water partition coefficient (Wildman–Crippen LogP) is 2.38. The van der Waals surface area contributed by atoms with Crippen LogP contribution in [0.25, 0.3) is 0 Å². The van der Waals surface area contributed by atoms with E-state index in [1.165, 1.54) is 0 Å². The van der Waals surface area contributed by atoms with Gasteiger partial charge in [0.05, 0.1) is 17.2 Å². The third-order valence-corrected chi connectivity index (χ3v) is 1.25. The van der Waals surface area contributed by atoms with Crippen LogP contribution < -0.4 is 0 Å². The molecule has 61 valence electrons. The van der Waals surface area contributed by atoms with Crippen molar-refractivity contribution in [3.63, 3.8) is 0 Å². The molecule has 0 aromatic heterocycles. The van der Waals surface area contributed by atoms with Crippen LogP contribution in [0, 0.1) is 17.4 Å². The van der Waals surface area contributed by atoms with Crippen molar-refractivity contribution < 1.29 is 13.2 Å². The quantitative estimate of drug-likeness (QED) is 0.586. The van der Waals surface area contributed by atoms with Crippen molar-refractivity contribution in [1.29, 1.82) is 5.26 Å². The van der Waals surface area contributed by atoms with Gasteiger partial charge in [0.1, 0.15) is 0 Å². The summed E-state index contributed by atoms with van der Waals surface area (Å²) in [6, 6.07) is 6.65. The van der Waals surface area contributed by atoms with E-state index in [0.717, 1.165) is 18.2 Å². The second-order valence-electron chi connectivity index (χ2n) is 2.10. The molecule has 12 heavy (non-hydrogen) atoms. The van der Waals surface area contributed by atoms with E-state index in [-0.39, 0.29) is 5.56 Å². The first-order valence-electron chi connectivity index (χ1n) is 3.03. The Labute approximate surface area is 67.1 Å². The first kappa shape index (κ1) is 8.60. The number of halogens is 3. The molecule has 0 heterocycles. The van der Waals surface area contributed by atoms with E-state index in [1.807, 2.05) is 6.07 Å². The molecule has 0 N–H and O–H groups in total. The predicted molar refractivity (Wildman–Crippen MR) is 35.0 cm³/mol. The standard InChI is InChI=1S/C8H3F3N/c9-8(10,11)7-3-1-6(5-12)2-4-7/h1-3H. The highest BCUT2D eigenvalue weighted by Crippen LogP contribution is 2.28. The van der Waals surface area contributed by atoms with Crippen LogP contribution in [-0.2, 0) is 6.18 Å². The molecular formula is C8H3F3N. The highest BCUT2D eigenvalue weighted by molar-refractivity contribution is 5.31. The molecular weight excluding hydrogens is 167 g/mol. The molecule has 0 unspecified atom stereocenters. The van der Waals surface area contributed by atoms with Gasteiger partial charge in [-0.3, -0.25) is 0 Å². The topological polar surface area (TPSA) is 23.8 Å². The van der Waals surface area contributed by atoms with Crippen molar-refractivity contribution in [3.05, 3.63) is 35.4 Å². The smallest absolute Gasteiger partial charge is 0.192 e. The summed E-state index contributed by atoms with van der Waals surface area (Å²) in [6.07, 6.45) is -4.38. The van der Waals surface area contributed by atoms with Crippen molar-refractivity contribution in [2.75, 3.05) is 0 Å². The summed E-state index contributed by atoms with van der Waals surface area (Å²) in [5, 5.41) is 8.28. The number of rotatable bonds is 0. The molecule has 0 spiro atoms. The lowest BCUT2D eigenvalue weighted by molar-refractivity contribution is -0.137. The Hall–Kier alpha value is -1.50. The number of hydrogen-bond donors (Lipinski definition) is 0. The number of hydrogen-bond acceptors (Lipinski definition) is 1. The fraction of sp³-hybridized carbons (Fsp3) is 0.125. The molecule has 0 bridgehead atoms. The third-order valence-electron chi connectivity index (χ3n) is 1.25. The van der Waals surface area contributed by atoms with Crippen molar-refractivity contribution in [2.24, 2.45) is 0 Å². The zero-order valence-corrected chi connectivity index (χ0v) is 5.81. The average Bonchev–Trinajstić information content (AvgIpc) is 2.03. The molecule has 0 aliphatic carbocycles. The first-order valence-corrected chi connectivity index (χ1v) is 3.03. The zero-order chi connectivity index (χ0) is 9.19. The average molecular weight is 170 g/mol. The SMILES string of the molecule is N#Cc1c[c]c(C(F)(F)F)cc1. The molecule has 1 aromatic carbocycles. The Morgan fingerprint density at radius 1 is 1.33 bits per heavy atom. The van der Waals surface area contributed by atoms with Crippen molar-refractivity contribution >= 4 is 0 Å². The van der Waals surface area contributed by atoms with Gasteiger partial charge in [-0.15, -0.1) is 0 Å². The number of benzene rings is 1. The Morgan fingerprint density at radius 2 is 2.00 bits per heavy atom. The third kappa shape index (κ3) is 1.76. The van der Waals surface area contributed by atoms with Crippen LogP contribution in [0.15, 0.2) is 18.2 Å². The van der Waals surface area contributed by atoms with E-state index in [9.17, 15) is 13.2 Å². The highest BCUT2D eigenvalue weighted by atomic mass is 19.4. The van der Waals surface area contributed by atoms with Gasteiger partial charge in [0.25, 0.3) is 0 Å². The summed E-state index contributed by atoms with van der Waals surface area (Å²) in [4.78, 5) is 0. The minimum atomic E-state index is -4.38. The molecule has 0 saturated carbocycles. The monoisotopic (exact) mass is 170 g/mol. The normalized spacial score (nSPS) is 10.8. The Bertz CT molecular complexity index is 305. The van der Waals surface area contributed by atoms with Crippen molar-refractivity contribution in [2.45, 2.75) is 6.18 Å². The molecule has 1 radical (unpaired) electrons. The fourth-order valence-electron chi connectivity index (χ4n) is 0.671. The molecule has 0 saturated heterocycles. The van der Waals surface area contributed by atoms with Gasteiger partial charge >= 0.3 is 6.18 Å². The van der Waals surface area contributed by atoms with E-state index < -0.39 is 11.7 Å². The van der Waals surface area contributed by atoms with E-state index in [0.29, 0.717) is 0 Å². The largest absolute Gasteiger partial charge is 0.417 e. The van der Waals surface area contributed by atoms with Crippen LogP contribution in [0.2, 0.25) is 0 Å². The molecule has 1 aromatic rings. The maximum atomic E-state index is 11.9. The van der Waals surface area contributed by atoms with Crippen LogP contribution >= 0.6 is 0 Å². The van der Waals surface area contributed by atoms with Gasteiger partial charge in [-0.2, -0.15) is 18.4 Å². The summed E-state index contributed by atoms with van der Waals surface area (Å²) >= 11 is 0. The lowest BCUT2D eigenvalue weighted by Gasteiger charge is -2.04. The zero-order valence-electron chi connectivity index (χ0n) is 5.81. The lowest BCUT2D eigenvalue weighted by atomic mass is 10.1. The maximum Gasteiger partial charge on any atom is 0.417 e. The Balaban J connectivity index is 3.02. The summed E-state index contributed by atoms with van der Waals surface area (Å²) < 4.78 is 35.7. The van der Waals surface area contributed by atoms with Crippen LogP contribution in [-0.4, -0.2) is 0 Å².